The van der Waals surface area contributed by atoms with Crippen molar-refractivity contribution in [1.82, 2.24) is 4.90 Å². The van der Waals surface area contributed by atoms with Crippen molar-refractivity contribution in [2.24, 2.45) is 0 Å². The summed E-state index contributed by atoms with van der Waals surface area (Å²) in [6, 6.07) is 13.9. The third-order valence-corrected chi connectivity index (χ3v) is 7.20. The topological polar surface area (TPSA) is 61.9 Å². The van der Waals surface area contributed by atoms with Crippen LogP contribution in [0.3, 0.4) is 0 Å². The first-order chi connectivity index (χ1) is 16.4. The molecule has 1 saturated heterocycles. The van der Waals surface area contributed by atoms with Crippen LogP contribution in [0.5, 0.6) is 5.75 Å². The molecule has 0 radical (unpaired) electrons. The number of halogens is 1. The Morgan fingerprint density at radius 2 is 1.85 bits per heavy atom. The number of hydrogen-bond acceptors (Lipinski definition) is 5. The van der Waals surface area contributed by atoms with E-state index in [-0.39, 0.29) is 24.1 Å². The average molecular weight is 498 g/mol. The number of anilines is 2. The predicted octanol–water partition coefficient (Wildman–Crippen LogP) is 4.78. The lowest BCUT2D eigenvalue weighted by molar-refractivity contribution is -0.124. The van der Waals surface area contributed by atoms with Crippen molar-refractivity contribution >= 4 is 51.9 Å². The fourth-order valence-electron chi connectivity index (χ4n) is 3.86. The van der Waals surface area contributed by atoms with Crippen molar-refractivity contribution < 1.29 is 18.7 Å². The lowest BCUT2D eigenvalue weighted by Gasteiger charge is -2.24. The molecule has 1 N–H and O–H groups in total. The fraction of sp³-hybridized carbons (Fsp3) is 0.240. The zero-order valence-corrected chi connectivity index (χ0v) is 20.4. The number of nitrogens with one attached hydrogen (secondary N) is 1. The summed E-state index contributed by atoms with van der Waals surface area (Å²) in [5, 5.41) is 5.14. The van der Waals surface area contributed by atoms with E-state index < -0.39 is 6.04 Å². The van der Waals surface area contributed by atoms with Crippen molar-refractivity contribution in [2.75, 3.05) is 23.9 Å². The van der Waals surface area contributed by atoms with Crippen LogP contribution in [0.1, 0.15) is 16.9 Å². The van der Waals surface area contributed by atoms with Gasteiger partial charge < -0.3 is 15.0 Å². The molecule has 0 bridgehead atoms. The van der Waals surface area contributed by atoms with E-state index in [1.54, 1.807) is 42.7 Å². The fourth-order valence-corrected chi connectivity index (χ4v) is 5.17. The smallest absolute Gasteiger partial charge is 0.256 e. The Morgan fingerprint density at radius 1 is 1.15 bits per heavy atom. The number of carbonyl (C=O) groups excluding carboxylic acids is 2. The third kappa shape index (κ3) is 5.10. The maximum absolute atomic E-state index is 13.5. The molecule has 1 unspecified atom stereocenters. The molecular weight excluding hydrogens is 473 g/mol. The van der Waals surface area contributed by atoms with E-state index in [2.05, 4.69) is 18.3 Å². The van der Waals surface area contributed by atoms with Gasteiger partial charge in [-0.05, 0) is 91.1 Å². The van der Waals surface area contributed by atoms with Crippen LogP contribution in [0.4, 0.5) is 15.8 Å². The monoisotopic (exact) mass is 497 g/mol. The molecule has 2 amide bonds. The molecule has 2 aromatic carbocycles. The van der Waals surface area contributed by atoms with Crippen LogP contribution in [0.25, 0.3) is 0 Å². The van der Waals surface area contributed by atoms with Crippen LogP contribution in [-0.4, -0.2) is 41.5 Å². The van der Waals surface area contributed by atoms with Gasteiger partial charge in [-0.3, -0.25) is 14.5 Å². The van der Waals surface area contributed by atoms with Crippen LogP contribution in [0, 0.1) is 12.7 Å². The van der Waals surface area contributed by atoms with Crippen molar-refractivity contribution in [3.05, 3.63) is 76.2 Å². The number of benzene rings is 2. The second kappa shape index (κ2) is 10.3. The van der Waals surface area contributed by atoms with Gasteiger partial charge in [-0.25, -0.2) is 4.39 Å². The third-order valence-electron chi connectivity index (χ3n) is 5.70. The molecule has 2 heterocycles. The number of aryl methyl sites for hydroxylation is 1. The molecule has 1 fully saturated rings. The molecule has 1 aromatic heterocycles. The molecule has 34 heavy (non-hydrogen) atoms. The van der Waals surface area contributed by atoms with Crippen LogP contribution >= 0.6 is 23.6 Å². The number of ether oxygens (including phenoxy) is 1. The van der Waals surface area contributed by atoms with E-state index in [9.17, 15) is 14.0 Å². The minimum absolute atomic E-state index is 0.0770. The number of carbonyl (C=O) groups is 2. The highest BCUT2D eigenvalue weighted by molar-refractivity contribution is 7.80. The number of thiocarbonyl (C=S) groups is 1. The Balaban J connectivity index is 1.56. The first-order valence-electron chi connectivity index (χ1n) is 10.7. The summed E-state index contributed by atoms with van der Waals surface area (Å²) < 4.78 is 18.4. The summed E-state index contributed by atoms with van der Waals surface area (Å²) in [5.74, 6) is -0.324. The second-order valence-corrected chi connectivity index (χ2v) is 9.27. The molecule has 176 valence electrons. The Morgan fingerprint density at radius 3 is 2.47 bits per heavy atom. The molecule has 0 aliphatic carbocycles. The maximum atomic E-state index is 13.5. The molecule has 0 saturated carbocycles. The van der Waals surface area contributed by atoms with Gasteiger partial charge >= 0.3 is 0 Å². The van der Waals surface area contributed by atoms with E-state index in [1.807, 2.05) is 10.3 Å². The van der Waals surface area contributed by atoms with Gasteiger partial charge in [0.15, 0.2) is 5.11 Å². The molecule has 1 atom stereocenters. The molecule has 0 spiro atoms. The molecule has 6 nitrogen and oxygen atoms in total. The van der Waals surface area contributed by atoms with Crippen LogP contribution in [0.15, 0.2) is 60.0 Å². The van der Waals surface area contributed by atoms with Crippen molar-refractivity contribution in [2.45, 2.75) is 25.8 Å². The summed E-state index contributed by atoms with van der Waals surface area (Å²) in [5.41, 5.74) is 2.28. The van der Waals surface area contributed by atoms with Gasteiger partial charge in [-0.15, -0.1) is 11.3 Å². The van der Waals surface area contributed by atoms with E-state index in [1.165, 1.54) is 39.6 Å². The summed E-state index contributed by atoms with van der Waals surface area (Å²) >= 11 is 7.38. The molecule has 1 aliphatic rings. The Labute approximate surface area is 206 Å². The van der Waals surface area contributed by atoms with Crippen molar-refractivity contribution in [3.63, 3.8) is 0 Å². The average Bonchev–Trinajstić information content (AvgIpc) is 3.34. The number of methoxy groups -OCH3 is 1. The van der Waals surface area contributed by atoms with E-state index in [0.717, 1.165) is 0 Å². The van der Waals surface area contributed by atoms with Gasteiger partial charge in [0.25, 0.3) is 5.91 Å². The van der Waals surface area contributed by atoms with E-state index >= 15 is 0 Å². The van der Waals surface area contributed by atoms with Gasteiger partial charge in [-0.1, -0.05) is 0 Å². The van der Waals surface area contributed by atoms with E-state index in [4.69, 9.17) is 17.0 Å². The Hall–Kier alpha value is -3.30. The molecule has 9 heteroatoms. The lowest BCUT2D eigenvalue weighted by atomic mass is 10.1. The Kier molecular flexibility index (Phi) is 7.23. The van der Waals surface area contributed by atoms with Crippen molar-refractivity contribution in [1.29, 1.82) is 0 Å². The molecular formula is C25H24FN3O3S2. The lowest BCUT2D eigenvalue weighted by Crippen LogP contribution is -2.39. The van der Waals surface area contributed by atoms with Gasteiger partial charge in [0.1, 0.15) is 17.6 Å². The highest BCUT2D eigenvalue weighted by Crippen LogP contribution is 2.29. The number of rotatable bonds is 8. The normalized spacial score (nSPS) is 15.7. The van der Waals surface area contributed by atoms with Gasteiger partial charge in [0.2, 0.25) is 5.91 Å². The van der Waals surface area contributed by atoms with Crippen molar-refractivity contribution in [3.8, 4) is 5.75 Å². The van der Waals surface area contributed by atoms with Crippen LogP contribution in [0.2, 0.25) is 0 Å². The predicted molar refractivity (Wildman–Crippen MR) is 136 cm³/mol. The number of hydrogen-bond donors (Lipinski definition) is 1. The standard InChI is InChI=1S/C25H24FN3O3S2/c1-16-12-14-34-22(16)11-13-28-21(15-23(30)27-18-5-3-17(26)4-6-18)24(31)29(25(28)33)19-7-9-20(32-2)10-8-19/h3-10,12,14,21H,11,13,15H2,1-2H3,(H,27,30). The molecule has 1 aliphatic heterocycles. The zero-order valence-electron chi connectivity index (χ0n) is 18.8. The zero-order chi connectivity index (χ0) is 24.2. The largest absolute Gasteiger partial charge is 0.497 e. The molecule has 4 rings (SSSR count). The van der Waals surface area contributed by atoms with E-state index in [0.29, 0.717) is 35.2 Å². The van der Waals surface area contributed by atoms with Gasteiger partial charge in [-0.2, -0.15) is 0 Å². The second-order valence-electron chi connectivity index (χ2n) is 7.90. The number of nitrogens with zero attached hydrogens (tertiary/aromatic N) is 2. The highest BCUT2D eigenvalue weighted by Gasteiger charge is 2.44. The van der Waals surface area contributed by atoms with Crippen LogP contribution < -0.4 is 15.0 Å². The summed E-state index contributed by atoms with van der Waals surface area (Å²) in [6.45, 7) is 2.56. The van der Waals surface area contributed by atoms with Crippen LogP contribution in [-0.2, 0) is 16.0 Å². The SMILES string of the molecule is COc1ccc(N2C(=O)C(CC(=O)Nc3ccc(F)cc3)N(CCc3sccc3C)C2=S)cc1. The summed E-state index contributed by atoms with van der Waals surface area (Å²) in [4.78, 5) is 30.8. The molecule has 3 aromatic rings. The number of amides is 2. The maximum Gasteiger partial charge on any atom is 0.256 e. The number of thiophene rings is 1. The van der Waals surface area contributed by atoms with Gasteiger partial charge in [0, 0.05) is 17.1 Å². The Bertz CT molecular complexity index is 1190. The first-order valence-corrected chi connectivity index (χ1v) is 12.0. The summed E-state index contributed by atoms with van der Waals surface area (Å²) in [6.07, 6.45) is 0.635. The highest BCUT2D eigenvalue weighted by atomic mass is 32.1. The first kappa shape index (κ1) is 23.8. The minimum Gasteiger partial charge on any atom is -0.497 e. The summed E-state index contributed by atoms with van der Waals surface area (Å²) in [7, 11) is 1.57. The quantitative estimate of drug-likeness (QED) is 0.454. The van der Waals surface area contributed by atoms with Gasteiger partial charge in [0.05, 0.1) is 19.2 Å². The minimum atomic E-state index is -0.740.